The Bertz CT molecular complexity index is 320. The van der Waals surface area contributed by atoms with E-state index in [9.17, 15) is 8.78 Å². The topological polar surface area (TPSA) is 17.8 Å². The molecule has 1 aliphatic carbocycles. The molecule has 0 aromatic carbocycles. The van der Waals surface area contributed by atoms with Gasteiger partial charge in [-0.3, -0.25) is 4.68 Å². The lowest BCUT2D eigenvalue weighted by atomic mass is 10.2. The molecule has 1 aliphatic rings. The van der Waals surface area contributed by atoms with E-state index in [1.165, 1.54) is 4.68 Å². The molecular weight excluding hydrogens is 186 g/mol. The fraction of sp³-hybridized carbons (Fsp3) is 0.700. The number of hydrogen-bond acceptors (Lipinski definition) is 1. The van der Waals surface area contributed by atoms with E-state index in [0.717, 1.165) is 12.1 Å². The highest BCUT2D eigenvalue weighted by molar-refractivity contribution is 5.04. The molecule has 1 aromatic rings. The van der Waals surface area contributed by atoms with Crippen LogP contribution in [0.3, 0.4) is 0 Å². The predicted molar refractivity (Wildman–Crippen MR) is 49.4 cm³/mol. The third-order valence-electron chi connectivity index (χ3n) is 2.88. The van der Waals surface area contributed by atoms with Gasteiger partial charge in [-0.25, -0.2) is 8.78 Å². The van der Waals surface area contributed by atoms with Crippen molar-refractivity contribution in [3.63, 3.8) is 0 Å². The second-order valence-corrected chi connectivity index (χ2v) is 3.79. The third-order valence-corrected chi connectivity index (χ3v) is 2.88. The van der Waals surface area contributed by atoms with E-state index >= 15 is 0 Å². The van der Waals surface area contributed by atoms with Gasteiger partial charge in [-0.2, -0.15) is 5.10 Å². The lowest BCUT2D eigenvalue weighted by molar-refractivity contribution is -0.0351. The molecule has 0 N–H and O–H groups in total. The van der Waals surface area contributed by atoms with Crippen LogP contribution in [0.2, 0.25) is 0 Å². The molecule has 0 amide bonds. The molecule has 2 rings (SSSR count). The van der Waals surface area contributed by atoms with Crippen molar-refractivity contribution in [2.45, 2.75) is 44.6 Å². The molecule has 1 saturated carbocycles. The first-order valence-electron chi connectivity index (χ1n) is 5.05. The number of alkyl halides is 2. The van der Waals surface area contributed by atoms with Crippen molar-refractivity contribution in [3.8, 4) is 0 Å². The SMILES string of the molecule is CCc1ccnn1C1CCCC1(F)F. The van der Waals surface area contributed by atoms with Crippen LogP contribution in [0.25, 0.3) is 0 Å². The summed E-state index contributed by atoms with van der Waals surface area (Å²) in [5, 5.41) is 4.00. The van der Waals surface area contributed by atoms with Crippen LogP contribution in [0.15, 0.2) is 12.3 Å². The van der Waals surface area contributed by atoms with Crippen molar-refractivity contribution in [1.29, 1.82) is 0 Å². The number of nitrogens with zero attached hydrogens (tertiary/aromatic N) is 2. The van der Waals surface area contributed by atoms with Crippen molar-refractivity contribution in [3.05, 3.63) is 18.0 Å². The molecule has 1 atom stereocenters. The second kappa shape index (κ2) is 3.33. The van der Waals surface area contributed by atoms with E-state index in [2.05, 4.69) is 5.10 Å². The van der Waals surface area contributed by atoms with Gasteiger partial charge < -0.3 is 0 Å². The van der Waals surface area contributed by atoms with Gasteiger partial charge in [-0.1, -0.05) is 6.92 Å². The Morgan fingerprint density at radius 1 is 1.64 bits per heavy atom. The fourth-order valence-corrected chi connectivity index (χ4v) is 2.11. The van der Waals surface area contributed by atoms with Crippen LogP contribution in [0.4, 0.5) is 8.78 Å². The van der Waals surface area contributed by atoms with Crippen LogP contribution < -0.4 is 0 Å². The number of halogens is 2. The van der Waals surface area contributed by atoms with Crippen molar-refractivity contribution in [1.82, 2.24) is 9.78 Å². The predicted octanol–water partition coefficient (Wildman–Crippen LogP) is 2.81. The first kappa shape index (κ1) is 9.62. The van der Waals surface area contributed by atoms with Crippen LogP contribution in [0.1, 0.15) is 37.9 Å². The molecule has 4 heteroatoms. The third kappa shape index (κ3) is 1.42. The molecule has 0 saturated heterocycles. The van der Waals surface area contributed by atoms with Gasteiger partial charge in [0.2, 0.25) is 0 Å². The minimum atomic E-state index is -2.57. The Hall–Kier alpha value is -0.930. The highest BCUT2D eigenvalue weighted by Crippen LogP contribution is 2.43. The van der Waals surface area contributed by atoms with E-state index in [0.29, 0.717) is 12.8 Å². The molecule has 2 nitrogen and oxygen atoms in total. The quantitative estimate of drug-likeness (QED) is 0.717. The molecule has 1 unspecified atom stereocenters. The van der Waals surface area contributed by atoms with E-state index < -0.39 is 12.0 Å². The molecule has 1 heterocycles. The number of aryl methyl sites for hydroxylation is 1. The molecule has 0 bridgehead atoms. The van der Waals surface area contributed by atoms with Gasteiger partial charge in [-0.15, -0.1) is 0 Å². The molecular formula is C10H14F2N2. The van der Waals surface area contributed by atoms with E-state index in [4.69, 9.17) is 0 Å². The molecule has 14 heavy (non-hydrogen) atoms. The summed E-state index contributed by atoms with van der Waals surface area (Å²) >= 11 is 0. The Labute approximate surface area is 81.9 Å². The first-order valence-corrected chi connectivity index (χ1v) is 5.05. The summed E-state index contributed by atoms with van der Waals surface area (Å²) < 4.78 is 28.4. The van der Waals surface area contributed by atoms with Crippen LogP contribution >= 0.6 is 0 Å². The van der Waals surface area contributed by atoms with Gasteiger partial charge in [-0.05, 0) is 25.3 Å². The zero-order valence-electron chi connectivity index (χ0n) is 8.21. The summed E-state index contributed by atoms with van der Waals surface area (Å²) in [5.74, 6) is -2.57. The average Bonchev–Trinajstić information content (AvgIpc) is 2.69. The van der Waals surface area contributed by atoms with Crippen LogP contribution in [0, 0.1) is 0 Å². The Morgan fingerprint density at radius 2 is 2.43 bits per heavy atom. The zero-order chi connectivity index (χ0) is 10.2. The molecule has 1 aromatic heterocycles. The van der Waals surface area contributed by atoms with Crippen molar-refractivity contribution in [2.24, 2.45) is 0 Å². The minimum absolute atomic E-state index is 0.000676. The molecule has 0 aliphatic heterocycles. The van der Waals surface area contributed by atoms with Gasteiger partial charge in [0.1, 0.15) is 6.04 Å². The molecule has 1 fully saturated rings. The molecule has 0 spiro atoms. The van der Waals surface area contributed by atoms with Gasteiger partial charge in [0.15, 0.2) is 0 Å². The maximum Gasteiger partial charge on any atom is 0.270 e. The summed E-state index contributed by atoms with van der Waals surface area (Å²) in [6.45, 7) is 1.96. The number of rotatable bonds is 2. The van der Waals surface area contributed by atoms with Crippen molar-refractivity contribution < 1.29 is 8.78 Å². The van der Waals surface area contributed by atoms with Gasteiger partial charge in [0.25, 0.3) is 5.92 Å². The van der Waals surface area contributed by atoms with Gasteiger partial charge in [0, 0.05) is 18.3 Å². The smallest absolute Gasteiger partial charge is 0.260 e. The molecule has 0 radical (unpaired) electrons. The summed E-state index contributed by atoms with van der Waals surface area (Å²) in [4.78, 5) is 0. The summed E-state index contributed by atoms with van der Waals surface area (Å²) in [5.41, 5.74) is 0.900. The summed E-state index contributed by atoms with van der Waals surface area (Å²) in [6.07, 6.45) is 3.50. The van der Waals surface area contributed by atoms with E-state index in [1.54, 1.807) is 6.20 Å². The highest BCUT2D eigenvalue weighted by Gasteiger charge is 2.45. The van der Waals surface area contributed by atoms with Gasteiger partial charge in [0.05, 0.1) is 0 Å². The lowest BCUT2D eigenvalue weighted by Crippen LogP contribution is -2.27. The first-order chi connectivity index (χ1) is 6.65. The minimum Gasteiger partial charge on any atom is -0.260 e. The Kier molecular flexibility index (Phi) is 2.29. The largest absolute Gasteiger partial charge is 0.270 e. The van der Waals surface area contributed by atoms with Crippen LogP contribution in [-0.2, 0) is 6.42 Å². The zero-order valence-corrected chi connectivity index (χ0v) is 8.21. The van der Waals surface area contributed by atoms with E-state index in [1.807, 2.05) is 13.0 Å². The Balaban J connectivity index is 2.30. The molecule has 78 valence electrons. The second-order valence-electron chi connectivity index (χ2n) is 3.79. The van der Waals surface area contributed by atoms with Gasteiger partial charge >= 0.3 is 0 Å². The maximum absolute atomic E-state index is 13.4. The van der Waals surface area contributed by atoms with Crippen LogP contribution in [-0.4, -0.2) is 15.7 Å². The van der Waals surface area contributed by atoms with Crippen molar-refractivity contribution in [2.75, 3.05) is 0 Å². The van der Waals surface area contributed by atoms with Crippen molar-refractivity contribution >= 4 is 0 Å². The van der Waals surface area contributed by atoms with E-state index in [-0.39, 0.29) is 6.42 Å². The lowest BCUT2D eigenvalue weighted by Gasteiger charge is -2.21. The standard InChI is InChI=1S/C10H14F2N2/c1-2-8-5-7-13-14(8)9-4-3-6-10(9,11)12/h5,7,9H,2-4,6H2,1H3. The highest BCUT2D eigenvalue weighted by atomic mass is 19.3. The normalized spacial score (nSPS) is 25.5. The fourth-order valence-electron chi connectivity index (χ4n) is 2.11. The summed E-state index contributed by atoms with van der Waals surface area (Å²) in [6, 6.07) is 1.10. The monoisotopic (exact) mass is 200 g/mol. The van der Waals surface area contributed by atoms with Crippen LogP contribution in [0.5, 0.6) is 0 Å². The number of hydrogen-bond donors (Lipinski definition) is 0. The maximum atomic E-state index is 13.4. The Morgan fingerprint density at radius 3 is 3.00 bits per heavy atom. The summed E-state index contributed by atoms with van der Waals surface area (Å²) in [7, 11) is 0. The number of aromatic nitrogens is 2. The average molecular weight is 200 g/mol.